The fourth-order valence-electron chi connectivity index (χ4n) is 3.55. The second kappa shape index (κ2) is 7.51. The molecule has 140 valence electrons. The van der Waals surface area contributed by atoms with Crippen molar-refractivity contribution in [2.45, 2.75) is 44.7 Å². The Morgan fingerprint density at radius 1 is 1.11 bits per heavy atom. The third kappa shape index (κ3) is 4.02. The Kier molecular flexibility index (Phi) is 4.92. The standard InChI is InChI=1S/C22H22F2N2O/c23-17-9-8-16(20(24)12-17)14-26(18-10-11-18)22(27)7-3-4-15-13-25-21-6-2-1-5-19(15)21/h1-2,5-6,8-9,12-13,18,25H,3-4,7,10-11,14H2. The minimum atomic E-state index is -0.598. The van der Waals surface area contributed by atoms with E-state index in [1.807, 2.05) is 24.4 Å². The number of carbonyl (C=O) groups excluding carboxylic acids is 1. The molecule has 0 saturated heterocycles. The molecule has 1 aliphatic carbocycles. The number of rotatable bonds is 7. The average molecular weight is 368 g/mol. The van der Waals surface area contributed by atoms with Crippen LogP contribution in [0.4, 0.5) is 8.78 Å². The molecule has 1 amide bonds. The summed E-state index contributed by atoms with van der Waals surface area (Å²) in [6.07, 6.45) is 5.91. The van der Waals surface area contributed by atoms with E-state index in [9.17, 15) is 13.6 Å². The van der Waals surface area contributed by atoms with Crippen molar-refractivity contribution in [1.29, 1.82) is 0 Å². The van der Waals surface area contributed by atoms with Gasteiger partial charge in [-0.1, -0.05) is 24.3 Å². The van der Waals surface area contributed by atoms with Crippen molar-refractivity contribution in [2.75, 3.05) is 0 Å². The van der Waals surface area contributed by atoms with Gasteiger partial charge in [0.15, 0.2) is 0 Å². The number of nitrogens with one attached hydrogen (secondary N) is 1. The lowest BCUT2D eigenvalue weighted by molar-refractivity contribution is -0.132. The van der Waals surface area contributed by atoms with Gasteiger partial charge in [0.25, 0.3) is 0 Å². The maximum atomic E-state index is 14.0. The van der Waals surface area contributed by atoms with Crippen molar-refractivity contribution in [1.82, 2.24) is 9.88 Å². The number of carbonyl (C=O) groups is 1. The highest BCUT2D eigenvalue weighted by Crippen LogP contribution is 2.30. The number of aromatic amines is 1. The monoisotopic (exact) mass is 368 g/mol. The average Bonchev–Trinajstić information content (AvgIpc) is 3.42. The van der Waals surface area contributed by atoms with Gasteiger partial charge in [-0.15, -0.1) is 0 Å². The van der Waals surface area contributed by atoms with Crippen molar-refractivity contribution in [3.05, 3.63) is 71.4 Å². The Balaban J connectivity index is 1.38. The normalized spacial score (nSPS) is 13.9. The quantitative estimate of drug-likeness (QED) is 0.629. The third-order valence-corrected chi connectivity index (χ3v) is 5.18. The van der Waals surface area contributed by atoms with E-state index in [1.165, 1.54) is 23.1 Å². The van der Waals surface area contributed by atoms with Crippen LogP contribution in [0, 0.1) is 11.6 Å². The first-order chi connectivity index (χ1) is 13.1. The van der Waals surface area contributed by atoms with Crippen molar-refractivity contribution >= 4 is 16.8 Å². The van der Waals surface area contributed by atoms with Crippen LogP contribution in [0.2, 0.25) is 0 Å². The van der Waals surface area contributed by atoms with Crippen LogP contribution in [0.5, 0.6) is 0 Å². The largest absolute Gasteiger partial charge is 0.361 e. The van der Waals surface area contributed by atoms with Gasteiger partial charge in [-0.05, 0) is 43.4 Å². The van der Waals surface area contributed by atoms with E-state index >= 15 is 0 Å². The highest BCUT2D eigenvalue weighted by molar-refractivity contribution is 5.83. The smallest absolute Gasteiger partial charge is 0.223 e. The van der Waals surface area contributed by atoms with Crippen LogP contribution in [0.25, 0.3) is 10.9 Å². The van der Waals surface area contributed by atoms with Crippen molar-refractivity contribution < 1.29 is 13.6 Å². The summed E-state index contributed by atoms with van der Waals surface area (Å²) in [5.41, 5.74) is 2.68. The fraction of sp³-hybridized carbons (Fsp3) is 0.318. The number of para-hydroxylation sites is 1. The number of amides is 1. The first kappa shape index (κ1) is 17.7. The summed E-state index contributed by atoms with van der Waals surface area (Å²) < 4.78 is 27.1. The Labute approximate surface area is 157 Å². The Morgan fingerprint density at radius 2 is 1.93 bits per heavy atom. The zero-order valence-electron chi connectivity index (χ0n) is 15.1. The van der Waals surface area contributed by atoms with E-state index in [2.05, 4.69) is 11.1 Å². The summed E-state index contributed by atoms with van der Waals surface area (Å²) in [4.78, 5) is 17.7. The number of halogens is 2. The molecule has 5 heteroatoms. The molecule has 0 radical (unpaired) electrons. The molecule has 3 aromatic rings. The van der Waals surface area contributed by atoms with Crippen LogP contribution in [0.1, 0.15) is 36.8 Å². The van der Waals surface area contributed by atoms with E-state index in [4.69, 9.17) is 0 Å². The lowest BCUT2D eigenvalue weighted by Crippen LogP contribution is -2.32. The van der Waals surface area contributed by atoms with Crippen molar-refractivity contribution in [2.24, 2.45) is 0 Å². The Bertz CT molecular complexity index is 962. The van der Waals surface area contributed by atoms with E-state index in [0.29, 0.717) is 12.0 Å². The zero-order valence-corrected chi connectivity index (χ0v) is 15.1. The third-order valence-electron chi connectivity index (χ3n) is 5.18. The van der Waals surface area contributed by atoms with Crippen LogP contribution >= 0.6 is 0 Å². The Hall–Kier alpha value is -2.69. The summed E-state index contributed by atoms with van der Waals surface area (Å²) in [5.74, 6) is -1.15. The van der Waals surface area contributed by atoms with Gasteiger partial charge in [-0.25, -0.2) is 8.78 Å². The molecule has 0 spiro atoms. The maximum absolute atomic E-state index is 14.0. The second-order valence-corrected chi connectivity index (χ2v) is 7.20. The summed E-state index contributed by atoms with van der Waals surface area (Å²) in [7, 11) is 0. The van der Waals surface area contributed by atoms with Gasteiger partial charge < -0.3 is 9.88 Å². The number of aryl methyl sites for hydroxylation is 1. The van der Waals surface area contributed by atoms with Crippen LogP contribution in [-0.2, 0) is 17.8 Å². The highest BCUT2D eigenvalue weighted by atomic mass is 19.1. The molecule has 4 rings (SSSR count). The number of benzene rings is 2. The van der Waals surface area contributed by atoms with Gasteiger partial charge >= 0.3 is 0 Å². The molecule has 27 heavy (non-hydrogen) atoms. The molecule has 1 aromatic heterocycles. The van der Waals surface area contributed by atoms with Gasteiger partial charge in [-0.3, -0.25) is 4.79 Å². The number of fused-ring (bicyclic) bond motifs is 1. The number of aromatic nitrogens is 1. The van der Waals surface area contributed by atoms with E-state index in [-0.39, 0.29) is 18.5 Å². The van der Waals surface area contributed by atoms with Crippen LogP contribution in [0.15, 0.2) is 48.7 Å². The zero-order chi connectivity index (χ0) is 18.8. The van der Waals surface area contributed by atoms with Gasteiger partial charge in [0.05, 0.1) is 0 Å². The molecule has 1 N–H and O–H groups in total. The molecular formula is C22H22F2N2O. The summed E-state index contributed by atoms with van der Waals surface area (Å²) in [5, 5.41) is 1.19. The number of hydrogen-bond donors (Lipinski definition) is 1. The molecule has 0 aliphatic heterocycles. The second-order valence-electron chi connectivity index (χ2n) is 7.20. The van der Waals surface area contributed by atoms with E-state index < -0.39 is 11.6 Å². The first-order valence-corrected chi connectivity index (χ1v) is 9.40. The SMILES string of the molecule is O=C(CCCc1c[nH]c2ccccc12)N(Cc1ccc(F)cc1F)C1CC1. The molecule has 3 nitrogen and oxygen atoms in total. The highest BCUT2D eigenvalue weighted by Gasteiger charge is 2.32. The minimum absolute atomic E-state index is 0.0427. The number of nitrogens with zero attached hydrogens (tertiary/aromatic N) is 1. The molecule has 1 heterocycles. The molecule has 0 atom stereocenters. The predicted molar refractivity (Wildman–Crippen MR) is 101 cm³/mol. The van der Waals surface area contributed by atoms with E-state index in [1.54, 1.807) is 4.90 Å². The van der Waals surface area contributed by atoms with Crippen LogP contribution in [0.3, 0.4) is 0 Å². The van der Waals surface area contributed by atoms with Crippen LogP contribution in [-0.4, -0.2) is 21.8 Å². The van der Waals surface area contributed by atoms with Gasteiger partial charge in [0.2, 0.25) is 5.91 Å². The molecule has 2 aromatic carbocycles. The molecule has 1 fully saturated rings. The van der Waals surface area contributed by atoms with E-state index in [0.717, 1.165) is 37.3 Å². The minimum Gasteiger partial charge on any atom is -0.361 e. The molecular weight excluding hydrogens is 346 g/mol. The first-order valence-electron chi connectivity index (χ1n) is 9.40. The van der Waals surface area contributed by atoms with Gasteiger partial charge in [-0.2, -0.15) is 0 Å². The predicted octanol–water partition coefficient (Wildman–Crippen LogP) is 4.96. The summed E-state index contributed by atoms with van der Waals surface area (Å²) in [6, 6.07) is 11.9. The maximum Gasteiger partial charge on any atom is 0.223 e. The van der Waals surface area contributed by atoms with Gasteiger partial charge in [0, 0.05) is 47.7 Å². The molecule has 1 aliphatic rings. The molecule has 0 unspecified atom stereocenters. The topological polar surface area (TPSA) is 36.1 Å². The van der Waals surface area contributed by atoms with Crippen molar-refractivity contribution in [3.8, 4) is 0 Å². The Morgan fingerprint density at radius 3 is 2.70 bits per heavy atom. The summed E-state index contributed by atoms with van der Waals surface area (Å²) >= 11 is 0. The van der Waals surface area contributed by atoms with Crippen LogP contribution < -0.4 is 0 Å². The van der Waals surface area contributed by atoms with Crippen molar-refractivity contribution in [3.63, 3.8) is 0 Å². The lowest BCUT2D eigenvalue weighted by Gasteiger charge is -2.23. The molecule has 1 saturated carbocycles. The summed E-state index contributed by atoms with van der Waals surface area (Å²) in [6.45, 7) is 0.211. The molecule has 0 bridgehead atoms. The van der Waals surface area contributed by atoms with Gasteiger partial charge in [0.1, 0.15) is 11.6 Å². The number of H-pyrrole nitrogens is 1. The lowest BCUT2D eigenvalue weighted by atomic mass is 10.1. The number of hydrogen-bond acceptors (Lipinski definition) is 1. The fourth-order valence-corrected chi connectivity index (χ4v) is 3.55.